The van der Waals surface area contributed by atoms with Gasteiger partial charge in [0.25, 0.3) is 0 Å². The molecule has 0 radical (unpaired) electrons. The summed E-state index contributed by atoms with van der Waals surface area (Å²) in [7, 11) is 1.81. The molecule has 0 saturated heterocycles. The van der Waals surface area contributed by atoms with E-state index in [9.17, 15) is 4.39 Å². The molecule has 0 aliphatic rings. The summed E-state index contributed by atoms with van der Waals surface area (Å²) in [6.45, 7) is 0.950. The van der Waals surface area contributed by atoms with Gasteiger partial charge in [-0.15, -0.1) is 0 Å². The van der Waals surface area contributed by atoms with Crippen molar-refractivity contribution in [1.29, 1.82) is 0 Å². The first-order valence-corrected chi connectivity index (χ1v) is 5.02. The van der Waals surface area contributed by atoms with Crippen LogP contribution in [0, 0.1) is 5.82 Å². The second-order valence-corrected chi connectivity index (χ2v) is 3.25. The van der Waals surface area contributed by atoms with E-state index in [0.717, 1.165) is 5.56 Å². The van der Waals surface area contributed by atoms with Crippen LogP contribution < -0.4 is 10.1 Å². The van der Waals surface area contributed by atoms with E-state index in [-0.39, 0.29) is 5.82 Å². The van der Waals surface area contributed by atoms with Crippen LogP contribution in [-0.2, 0) is 6.54 Å². The Morgan fingerprint density at radius 1 is 1.47 bits per heavy atom. The van der Waals surface area contributed by atoms with Gasteiger partial charge in [0.1, 0.15) is 18.2 Å². The van der Waals surface area contributed by atoms with Crippen molar-refractivity contribution in [1.82, 2.24) is 5.32 Å². The van der Waals surface area contributed by atoms with Crippen molar-refractivity contribution in [3.05, 3.63) is 41.2 Å². The molecule has 0 heterocycles. The van der Waals surface area contributed by atoms with E-state index in [2.05, 4.69) is 5.32 Å². The minimum Gasteiger partial charge on any atom is -0.489 e. The molecule has 2 nitrogen and oxygen atoms in total. The van der Waals surface area contributed by atoms with E-state index in [4.69, 9.17) is 16.3 Å². The molecule has 0 bridgehead atoms. The molecule has 0 fully saturated rings. The fourth-order valence-corrected chi connectivity index (χ4v) is 1.26. The Kier molecular flexibility index (Phi) is 5.15. The van der Waals surface area contributed by atoms with E-state index in [0.29, 0.717) is 18.9 Å². The van der Waals surface area contributed by atoms with Crippen LogP contribution in [0.1, 0.15) is 5.56 Å². The molecule has 0 aromatic heterocycles. The van der Waals surface area contributed by atoms with Gasteiger partial charge in [-0.25, -0.2) is 4.39 Å². The largest absolute Gasteiger partial charge is 0.489 e. The van der Waals surface area contributed by atoms with E-state index >= 15 is 0 Å². The first kappa shape index (κ1) is 12.0. The number of benzene rings is 1. The fourth-order valence-electron chi connectivity index (χ4n) is 1.19. The maximum absolute atomic E-state index is 13.1. The Bertz CT molecular complexity index is 341. The van der Waals surface area contributed by atoms with Gasteiger partial charge in [-0.1, -0.05) is 11.6 Å². The number of halogens is 2. The first-order chi connectivity index (χ1) is 7.26. The number of nitrogens with one attached hydrogen (secondary N) is 1. The van der Waals surface area contributed by atoms with Gasteiger partial charge in [0.15, 0.2) is 0 Å². The van der Waals surface area contributed by atoms with Gasteiger partial charge >= 0.3 is 0 Å². The van der Waals surface area contributed by atoms with Crippen LogP contribution in [0.5, 0.6) is 5.75 Å². The first-order valence-electron chi connectivity index (χ1n) is 4.58. The summed E-state index contributed by atoms with van der Waals surface area (Å²) in [6, 6.07) is 4.61. The second kappa shape index (κ2) is 6.43. The third-order valence-electron chi connectivity index (χ3n) is 1.75. The molecule has 1 N–H and O–H groups in total. The van der Waals surface area contributed by atoms with Crippen LogP contribution in [0.25, 0.3) is 0 Å². The molecule has 0 atom stereocenters. The van der Waals surface area contributed by atoms with Crippen LogP contribution in [-0.4, -0.2) is 13.7 Å². The lowest BCUT2D eigenvalue weighted by atomic mass is 10.2. The normalized spacial score (nSPS) is 10.9. The Morgan fingerprint density at radius 2 is 2.27 bits per heavy atom. The van der Waals surface area contributed by atoms with Gasteiger partial charge in [-0.2, -0.15) is 0 Å². The summed E-state index contributed by atoms with van der Waals surface area (Å²) in [4.78, 5) is 0. The van der Waals surface area contributed by atoms with Crippen molar-refractivity contribution in [2.75, 3.05) is 13.7 Å². The van der Waals surface area contributed by atoms with Crippen LogP contribution in [0.2, 0.25) is 0 Å². The fraction of sp³-hybridized carbons (Fsp3) is 0.273. The van der Waals surface area contributed by atoms with Gasteiger partial charge in [0.05, 0.1) is 0 Å². The second-order valence-electron chi connectivity index (χ2n) is 3.00. The molecule has 0 saturated carbocycles. The minimum atomic E-state index is -0.299. The van der Waals surface area contributed by atoms with Crippen molar-refractivity contribution >= 4 is 11.6 Å². The molecule has 1 rings (SSSR count). The summed E-state index contributed by atoms with van der Waals surface area (Å²) >= 11 is 5.34. The summed E-state index contributed by atoms with van der Waals surface area (Å²) in [5.41, 5.74) is 2.22. The minimum absolute atomic E-state index is 0.299. The zero-order chi connectivity index (χ0) is 11.1. The molecule has 0 unspecified atom stereocenters. The molecule has 0 aliphatic heterocycles. The third kappa shape index (κ3) is 4.32. The summed E-state index contributed by atoms with van der Waals surface area (Å²) < 4.78 is 18.4. The topological polar surface area (TPSA) is 21.3 Å². The molecule has 0 spiro atoms. The monoisotopic (exact) mass is 229 g/mol. The predicted octanol–water partition coefficient (Wildman–Crippen LogP) is 2.68. The molecular formula is C11H13ClFNO. The zero-order valence-electron chi connectivity index (χ0n) is 8.47. The molecule has 15 heavy (non-hydrogen) atoms. The maximum Gasteiger partial charge on any atom is 0.127 e. The molecule has 1 aromatic carbocycles. The predicted molar refractivity (Wildman–Crippen MR) is 59.7 cm³/mol. The van der Waals surface area contributed by atoms with E-state index < -0.39 is 0 Å². The smallest absolute Gasteiger partial charge is 0.127 e. The Balaban J connectivity index is 2.70. The molecule has 1 aromatic rings. The Labute approximate surface area is 93.7 Å². The quantitative estimate of drug-likeness (QED) is 0.838. The van der Waals surface area contributed by atoms with Gasteiger partial charge in [0.2, 0.25) is 0 Å². The number of hydrogen-bond acceptors (Lipinski definition) is 2. The highest BCUT2D eigenvalue weighted by Crippen LogP contribution is 2.16. The van der Waals surface area contributed by atoms with Crippen LogP contribution in [0.3, 0.4) is 0 Å². The molecular weight excluding hydrogens is 217 g/mol. The number of ether oxygens (including phenoxy) is 1. The Morgan fingerprint density at radius 3 is 2.93 bits per heavy atom. The van der Waals surface area contributed by atoms with Gasteiger partial charge < -0.3 is 10.1 Å². The summed E-state index contributed by atoms with van der Waals surface area (Å²) in [6.07, 6.45) is 1.64. The maximum atomic E-state index is 13.1. The standard InChI is InChI=1S/C11H13ClFNO/c1-14-8-9-5-10(13)7-11(6-9)15-4-2-3-12/h2-3,5-7,14H,4,8H2,1H3/b3-2+. The van der Waals surface area contributed by atoms with Gasteiger partial charge in [-0.3, -0.25) is 0 Å². The summed E-state index contributed by atoms with van der Waals surface area (Å²) in [5.74, 6) is 0.211. The van der Waals surface area contributed by atoms with Crippen LogP contribution in [0.4, 0.5) is 4.39 Å². The van der Waals surface area contributed by atoms with Crippen molar-refractivity contribution in [3.8, 4) is 5.75 Å². The highest BCUT2D eigenvalue weighted by Gasteiger charge is 2.00. The molecule has 0 aliphatic carbocycles. The number of rotatable bonds is 5. The van der Waals surface area contributed by atoms with Gasteiger partial charge in [-0.05, 0) is 30.8 Å². The zero-order valence-corrected chi connectivity index (χ0v) is 9.22. The van der Waals surface area contributed by atoms with Crippen LogP contribution in [0.15, 0.2) is 29.8 Å². The van der Waals surface area contributed by atoms with E-state index in [1.54, 1.807) is 12.1 Å². The lowest BCUT2D eigenvalue weighted by molar-refractivity contribution is 0.360. The van der Waals surface area contributed by atoms with Crippen molar-refractivity contribution < 1.29 is 9.13 Å². The number of hydrogen-bond donors (Lipinski definition) is 1. The lowest BCUT2D eigenvalue weighted by Gasteiger charge is -2.06. The van der Waals surface area contributed by atoms with E-state index in [1.807, 2.05) is 7.05 Å². The van der Waals surface area contributed by atoms with E-state index in [1.165, 1.54) is 17.7 Å². The lowest BCUT2D eigenvalue weighted by Crippen LogP contribution is -2.05. The average molecular weight is 230 g/mol. The van der Waals surface area contributed by atoms with Gasteiger partial charge in [0, 0.05) is 18.1 Å². The SMILES string of the molecule is CNCc1cc(F)cc(OC/C=C/Cl)c1. The Hall–Kier alpha value is -1.06. The summed E-state index contributed by atoms with van der Waals surface area (Å²) in [5, 5.41) is 2.95. The van der Waals surface area contributed by atoms with Crippen molar-refractivity contribution in [3.63, 3.8) is 0 Å². The highest BCUT2D eigenvalue weighted by molar-refractivity contribution is 6.25. The third-order valence-corrected chi connectivity index (χ3v) is 1.93. The molecule has 82 valence electrons. The average Bonchev–Trinajstić information content (AvgIpc) is 2.18. The van der Waals surface area contributed by atoms with Crippen LogP contribution >= 0.6 is 11.6 Å². The van der Waals surface area contributed by atoms with Crippen molar-refractivity contribution in [2.24, 2.45) is 0 Å². The van der Waals surface area contributed by atoms with Crippen molar-refractivity contribution in [2.45, 2.75) is 6.54 Å². The molecule has 4 heteroatoms. The molecule has 0 amide bonds. The highest BCUT2D eigenvalue weighted by atomic mass is 35.5.